The van der Waals surface area contributed by atoms with Gasteiger partial charge in [0, 0.05) is 30.7 Å². The Morgan fingerprint density at radius 3 is 2.53 bits per heavy atom. The van der Waals surface area contributed by atoms with E-state index in [0.29, 0.717) is 37.7 Å². The Labute approximate surface area is 183 Å². The average molecular weight is 436 g/mol. The van der Waals surface area contributed by atoms with Crippen LogP contribution in [-0.2, 0) is 25.7 Å². The molecule has 0 radical (unpaired) electrons. The van der Waals surface area contributed by atoms with Gasteiger partial charge in [-0.25, -0.2) is 0 Å². The molecular formula is C22H33N3O4S. The highest BCUT2D eigenvalue weighted by molar-refractivity contribution is 8.04. The molecule has 166 valence electrons. The fourth-order valence-corrected chi connectivity index (χ4v) is 4.66. The fourth-order valence-electron chi connectivity index (χ4n) is 3.38. The molecule has 1 aliphatic heterocycles. The van der Waals surface area contributed by atoms with Gasteiger partial charge in [-0.3, -0.25) is 9.59 Å². The lowest BCUT2D eigenvalue weighted by atomic mass is 9.98. The summed E-state index contributed by atoms with van der Waals surface area (Å²) in [6.45, 7) is 6.60. The van der Waals surface area contributed by atoms with Gasteiger partial charge in [0.05, 0.1) is 13.2 Å². The Morgan fingerprint density at radius 1 is 1.27 bits per heavy atom. The number of carbonyl (C=O) groups is 2. The molecule has 7 nitrogen and oxygen atoms in total. The van der Waals surface area contributed by atoms with E-state index in [1.807, 2.05) is 37.4 Å². The van der Waals surface area contributed by atoms with E-state index < -0.39 is 12.0 Å². The van der Waals surface area contributed by atoms with Crippen molar-refractivity contribution in [2.24, 2.45) is 11.7 Å². The van der Waals surface area contributed by atoms with Crippen LogP contribution >= 0.6 is 11.8 Å². The minimum atomic E-state index is -0.515. The zero-order chi connectivity index (χ0) is 22.1. The molecule has 0 saturated heterocycles. The molecule has 1 aliphatic rings. The highest BCUT2D eigenvalue weighted by Gasteiger charge is 2.36. The van der Waals surface area contributed by atoms with Gasteiger partial charge in [0.25, 0.3) is 5.91 Å². The van der Waals surface area contributed by atoms with E-state index in [4.69, 9.17) is 15.2 Å². The first-order chi connectivity index (χ1) is 14.3. The molecule has 3 atom stereocenters. The molecule has 30 heavy (non-hydrogen) atoms. The molecule has 1 aromatic rings. The highest BCUT2D eigenvalue weighted by atomic mass is 32.2. The lowest BCUT2D eigenvalue weighted by Gasteiger charge is -2.29. The van der Waals surface area contributed by atoms with Gasteiger partial charge in [0.15, 0.2) is 0 Å². The van der Waals surface area contributed by atoms with Crippen LogP contribution in [0.5, 0.6) is 0 Å². The molecule has 4 N–H and O–H groups in total. The topological polar surface area (TPSA) is 103 Å². The van der Waals surface area contributed by atoms with Crippen LogP contribution in [0.1, 0.15) is 39.2 Å². The molecule has 1 amide bonds. The van der Waals surface area contributed by atoms with Crippen LogP contribution in [0.3, 0.4) is 0 Å². The van der Waals surface area contributed by atoms with Gasteiger partial charge in [-0.05, 0) is 18.5 Å². The highest BCUT2D eigenvalue weighted by Crippen LogP contribution is 2.36. The van der Waals surface area contributed by atoms with Crippen molar-refractivity contribution >= 4 is 23.6 Å². The first-order valence-electron chi connectivity index (χ1n) is 10.2. The maximum absolute atomic E-state index is 12.0. The minimum Gasteiger partial charge on any atom is -0.459 e. The Hall–Kier alpha value is -2.03. The molecule has 0 aliphatic carbocycles. The van der Waals surface area contributed by atoms with Crippen molar-refractivity contribution in [1.82, 2.24) is 10.6 Å². The van der Waals surface area contributed by atoms with Gasteiger partial charge < -0.3 is 25.8 Å². The molecule has 1 aromatic carbocycles. The van der Waals surface area contributed by atoms with Gasteiger partial charge in [-0.1, -0.05) is 55.9 Å². The number of primary amides is 1. The number of hydrogen-bond acceptors (Lipinski definition) is 7. The lowest BCUT2D eigenvalue weighted by Crippen LogP contribution is -2.44. The van der Waals surface area contributed by atoms with Crippen molar-refractivity contribution < 1.29 is 19.1 Å². The summed E-state index contributed by atoms with van der Waals surface area (Å²) < 4.78 is 11.4. The first kappa shape index (κ1) is 24.2. The second-order valence-electron chi connectivity index (χ2n) is 7.66. The average Bonchev–Trinajstić information content (AvgIpc) is 3.13. The number of rotatable bonds is 12. The minimum absolute atomic E-state index is 0.173. The predicted molar refractivity (Wildman–Crippen MR) is 119 cm³/mol. The zero-order valence-corrected chi connectivity index (χ0v) is 19.0. The van der Waals surface area contributed by atoms with Crippen LogP contribution in [-0.4, -0.2) is 43.1 Å². The van der Waals surface area contributed by atoms with Crippen LogP contribution in [0.25, 0.3) is 0 Å². The molecule has 0 fully saturated rings. The third kappa shape index (κ3) is 7.34. The van der Waals surface area contributed by atoms with Gasteiger partial charge in [0.2, 0.25) is 0 Å². The van der Waals surface area contributed by atoms with Crippen molar-refractivity contribution in [1.29, 1.82) is 0 Å². The van der Waals surface area contributed by atoms with Crippen molar-refractivity contribution in [3.63, 3.8) is 0 Å². The maximum Gasteiger partial charge on any atom is 0.303 e. The SMILES string of the molecule is CN[C@H](C[C@@H](OC(C)=O)C1NC(C(N)=O)=C(CCOCc2ccccc2)S1)C(C)C. The number of esters is 1. The summed E-state index contributed by atoms with van der Waals surface area (Å²) in [7, 11) is 1.90. The van der Waals surface area contributed by atoms with Gasteiger partial charge >= 0.3 is 5.97 Å². The summed E-state index contributed by atoms with van der Waals surface area (Å²) in [5.41, 5.74) is 7.07. The van der Waals surface area contributed by atoms with E-state index in [1.165, 1.54) is 18.7 Å². The van der Waals surface area contributed by atoms with Crippen molar-refractivity contribution in [2.75, 3.05) is 13.7 Å². The van der Waals surface area contributed by atoms with E-state index in [2.05, 4.69) is 24.5 Å². The number of carbonyl (C=O) groups excluding carboxylic acids is 2. The zero-order valence-electron chi connectivity index (χ0n) is 18.1. The van der Waals surface area contributed by atoms with E-state index in [9.17, 15) is 9.59 Å². The number of benzene rings is 1. The third-order valence-corrected chi connectivity index (χ3v) is 6.35. The smallest absolute Gasteiger partial charge is 0.303 e. The Morgan fingerprint density at radius 2 is 1.97 bits per heavy atom. The Bertz CT molecular complexity index is 739. The van der Waals surface area contributed by atoms with Crippen molar-refractivity contribution in [3.05, 3.63) is 46.5 Å². The predicted octanol–water partition coefficient (Wildman–Crippen LogP) is 2.52. The summed E-state index contributed by atoms with van der Waals surface area (Å²) in [4.78, 5) is 24.5. The van der Waals surface area contributed by atoms with E-state index in [-0.39, 0.29) is 17.4 Å². The molecule has 0 aromatic heterocycles. The van der Waals surface area contributed by atoms with E-state index >= 15 is 0 Å². The number of nitrogens with two attached hydrogens (primary N) is 1. The van der Waals surface area contributed by atoms with Crippen LogP contribution in [0.4, 0.5) is 0 Å². The molecule has 2 rings (SSSR count). The summed E-state index contributed by atoms with van der Waals surface area (Å²) in [6.07, 6.45) is 0.790. The lowest BCUT2D eigenvalue weighted by molar-refractivity contribution is -0.147. The number of amides is 1. The fraction of sp³-hybridized carbons (Fsp3) is 0.545. The molecular weight excluding hydrogens is 402 g/mol. The first-order valence-corrected chi connectivity index (χ1v) is 11.1. The molecule has 8 heteroatoms. The quantitative estimate of drug-likeness (QED) is 0.342. The number of nitrogens with one attached hydrogen (secondary N) is 2. The largest absolute Gasteiger partial charge is 0.459 e. The monoisotopic (exact) mass is 435 g/mol. The Kier molecular flexibility index (Phi) is 9.68. The summed E-state index contributed by atoms with van der Waals surface area (Å²) in [5, 5.41) is 6.19. The normalized spacial score (nSPS) is 18.2. The van der Waals surface area contributed by atoms with Gasteiger partial charge in [-0.15, -0.1) is 0 Å². The molecule has 1 unspecified atom stereocenters. The number of hydrogen-bond donors (Lipinski definition) is 3. The molecule has 1 heterocycles. The van der Waals surface area contributed by atoms with E-state index in [0.717, 1.165) is 10.5 Å². The summed E-state index contributed by atoms with van der Waals surface area (Å²) in [5.74, 6) is -0.492. The summed E-state index contributed by atoms with van der Waals surface area (Å²) in [6, 6.07) is 10.1. The van der Waals surface area contributed by atoms with Crippen molar-refractivity contribution in [2.45, 2.75) is 57.7 Å². The number of thioether (sulfide) groups is 1. The van der Waals surface area contributed by atoms with Gasteiger partial charge in [0.1, 0.15) is 17.2 Å². The standard InChI is InChI=1S/C22H33N3O4S/c1-14(2)17(24-4)12-18(29-15(3)26)22-25-20(21(23)27)19(30-22)10-11-28-13-16-8-6-5-7-9-16/h5-9,14,17-18,22,24-25H,10-13H2,1-4H3,(H2,23,27)/t17-,18-,22?/m1/s1. The van der Waals surface area contributed by atoms with Crippen molar-refractivity contribution in [3.8, 4) is 0 Å². The van der Waals surface area contributed by atoms with E-state index in [1.54, 1.807) is 0 Å². The molecule has 0 spiro atoms. The second-order valence-corrected chi connectivity index (χ2v) is 8.89. The number of ether oxygens (including phenoxy) is 2. The Balaban J connectivity index is 1.99. The van der Waals surface area contributed by atoms with Gasteiger partial charge in [-0.2, -0.15) is 0 Å². The van der Waals surface area contributed by atoms with Crippen LogP contribution in [0, 0.1) is 5.92 Å². The summed E-state index contributed by atoms with van der Waals surface area (Å²) >= 11 is 1.49. The van der Waals surface area contributed by atoms with Crippen LogP contribution < -0.4 is 16.4 Å². The third-order valence-electron chi connectivity index (χ3n) is 4.98. The molecule has 0 bridgehead atoms. The van der Waals surface area contributed by atoms with Crippen LogP contribution in [0.2, 0.25) is 0 Å². The molecule has 0 saturated carbocycles. The maximum atomic E-state index is 12.0. The second kappa shape index (κ2) is 12.0. The van der Waals surface area contributed by atoms with Crippen LogP contribution in [0.15, 0.2) is 40.9 Å².